The van der Waals surface area contributed by atoms with Crippen LogP contribution in [0.4, 0.5) is 5.69 Å². The summed E-state index contributed by atoms with van der Waals surface area (Å²) in [7, 11) is 1.58. The summed E-state index contributed by atoms with van der Waals surface area (Å²) in [5.74, 6) is 1.80. The summed E-state index contributed by atoms with van der Waals surface area (Å²) < 4.78 is 11.3. The smallest absolute Gasteiger partial charge is 0.227 e. The maximum absolute atomic E-state index is 12.2. The third kappa shape index (κ3) is 4.30. The average molecular weight is 366 g/mol. The van der Waals surface area contributed by atoms with Crippen molar-refractivity contribution in [1.29, 1.82) is 0 Å². The van der Waals surface area contributed by atoms with Gasteiger partial charge in [0.2, 0.25) is 11.8 Å². The lowest BCUT2D eigenvalue weighted by molar-refractivity contribution is -0.116. The van der Waals surface area contributed by atoms with E-state index in [9.17, 15) is 4.79 Å². The van der Waals surface area contributed by atoms with Crippen LogP contribution in [-0.4, -0.2) is 18.0 Å². The van der Waals surface area contributed by atoms with Crippen LogP contribution < -0.4 is 10.1 Å². The van der Waals surface area contributed by atoms with Crippen LogP contribution in [-0.2, 0) is 4.79 Å². The minimum absolute atomic E-state index is 0.0420. The van der Waals surface area contributed by atoms with Gasteiger partial charge in [-0.25, -0.2) is 4.98 Å². The molecular formula is C22H26N2O3. The number of aromatic nitrogens is 1. The fraction of sp³-hybridized carbons (Fsp3) is 0.364. The van der Waals surface area contributed by atoms with Crippen LogP contribution in [0.1, 0.15) is 45.6 Å². The molecule has 1 heterocycles. The monoisotopic (exact) mass is 366 g/mol. The van der Waals surface area contributed by atoms with Gasteiger partial charge in [-0.1, -0.05) is 33.8 Å². The first-order valence-corrected chi connectivity index (χ1v) is 9.26. The molecule has 2 aromatic carbocycles. The highest BCUT2D eigenvalue weighted by Crippen LogP contribution is 2.32. The number of oxazole rings is 1. The molecule has 0 radical (unpaired) electrons. The van der Waals surface area contributed by atoms with Gasteiger partial charge in [0.25, 0.3) is 0 Å². The van der Waals surface area contributed by atoms with Gasteiger partial charge in [-0.3, -0.25) is 4.79 Å². The van der Waals surface area contributed by atoms with Gasteiger partial charge in [0.15, 0.2) is 5.58 Å². The molecular weight excluding hydrogens is 340 g/mol. The van der Waals surface area contributed by atoms with E-state index in [0.29, 0.717) is 29.7 Å². The second kappa shape index (κ2) is 7.82. The Morgan fingerprint density at radius 2 is 1.93 bits per heavy atom. The molecule has 1 amide bonds. The maximum atomic E-state index is 12.2. The van der Waals surface area contributed by atoms with E-state index >= 15 is 0 Å². The van der Waals surface area contributed by atoms with Crippen LogP contribution in [0.3, 0.4) is 0 Å². The molecule has 1 N–H and O–H groups in total. The summed E-state index contributed by atoms with van der Waals surface area (Å²) in [6.45, 7) is 8.32. The van der Waals surface area contributed by atoms with Crippen LogP contribution >= 0.6 is 0 Å². The summed E-state index contributed by atoms with van der Waals surface area (Å²) in [6.07, 6.45) is 0.453. The second-order valence-corrected chi connectivity index (χ2v) is 7.46. The van der Waals surface area contributed by atoms with Gasteiger partial charge in [0.1, 0.15) is 11.3 Å². The van der Waals surface area contributed by atoms with Crippen molar-refractivity contribution in [3.8, 4) is 17.2 Å². The largest absolute Gasteiger partial charge is 0.495 e. The molecule has 0 unspecified atom stereocenters. The number of carbonyl (C=O) groups excluding carboxylic acids is 1. The number of fused-ring (bicyclic) bond motifs is 1. The van der Waals surface area contributed by atoms with Crippen molar-refractivity contribution in [2.24, 2.45) is 5.92 Å². The van der Waals surface area contributed by atoms with E-state index in [4.69, 9.17) is 9.15 Å². The first kappa shape index (κ1) is 19.0. The molecule has 142 valence electrons. The molecule has 27 heavy (non-hydrogen) atoms. The number of amides is 1. The number of benzene rings is 2. The molecule has 0 fully saturated rings. The highest BCUT2D eigenvalue weighted by molar-refractivity contribution is 5.93. The molecule has 5 nitrogen and oxygen atoms in total. The minimum Gasteiger partial charge on any atom is -0.495 e. The Kier molecular flexibility index (Phi) is 5.49. The number of rotatable bonds is 6. The van der Waals surface area contributed by atoms with E-state index in [2.05, 4.69) is 36.3 Å². The first-order chi connectivity index (χ1) is 12.9. The zero-order chi connectivity index (χ0) is 19.6. The fourth-order valence-corrected chi connectivity index (χ4v) is 2.94. The van der Waals surface area contributed by atoms with Crippen LogP contribution in [0.5, 0.6) is 5.75 Å². The number of carbonyl (C=O) groups is 1. The first-order valence-electron chi connectivity index (χ1n) is 9.26. The van der Waals surface area contributed by atoms with Gasteiger partial charge in [0, 0.05) is 12.0 Å². The maximum Gasteiger partial charge on any atom is 0.227 e. The molecule has 3 aromatic rings. The molecule has 0 saturated heterocycles. The van der Waals surface area contributed by atoms with E-state index in [1.807, 2.05) is 38.1 Å². The molecule has 1 aromatic heterocycles. The highest BCUT2D eigenvalue weighted by atomic mass is 16.5. The number of nitrogens with zero attached hydrogens (tertiary/aromatic N) is 1. The normalized spacial score (nSPS) is 11.4. The number of anilines is 1. The lowest BCUT2D eigenvalue weighted by Crippen LogP contribution is -2.14. The Morgan fingerprint density at radius 3 is 2.59 bits per heavy atom. The molecule has 0 bridgehead atoms. The lowest BCUT2D eigenvalue weighted by Gasteiger charge is -2.12. The van der Waals surface area contributed by atoms with Crippen LogP contribution in [0.2, 0.25) is 0 Å². The van der Waals surface area contributed by atoms with Gasteiger partial charge in [-0.2, -0.15) is 0 Å². The van der Waals surface area contributed by atoms with Crippen molar-refractivity contribution in [1.82, 2.24) is 4.98 Å². The SMILES string of the molecule is COc1ccc(-c2nc3cc(C(C)C)ccc3o2)cc1NC(=O)CC(C)C. The summed E-state index contributed by atoms with van der Waals surface area (Å²) in [6, 6.07) is 11.6. The average Bonchev–Trinajstić information content (AvgIpc) is 3.04. The zero-order valence-corrected chi connectivity index (χ0v) is 16.5. The minimum atomic E-state index is -0.0420. The van der Waals surface area contributed by atoms with Crippen LogP contribution in [0.15, 0.2) is 40.8 Å². The predicted molar refractivity (Wildman–Crippen MR) is 108 cm³/mol. The van der Waals surface area contributed by atoms with Crippen LogP contribution in [0, 0.1) is 5.92 Å². The molecule has 0 aliphatic carbocycles. The number of hydrogen-bond acceptors (Lipinski definition) is 4. The number of methoxy groups -OCH3 is 1. The topological polar surface area (TPSA) is 64.4 Å². The lowest BCUT2D eigenvalue weighted by atomic mass is 10.0. The van der Waals surface area contributed by atoms with Crippen molar-refractivity contribution in [3.63, 3.8) is 0 Å². The van der Waals surface area contributed by atoms with Crippen LogP contribution in [0.25, 0.3) is 22.6 Å². The Balaban J connectivity index is 1.95. The van der Waals surface area contributed by atoms with Gasteiger partial charge < -0.3 is 14.5 Å². The molecule has 5 heteroatoms. The quantitative estimate of drug-likeness (QED) is 0.616. The molecule has 0 aliphatic rings. The Morgan fingerprint density at radius 1 is 1.15 bits per heavy atom. The van der Waals surface area contributed by atoms with Crippen molar-refractivity contribution >= 4 is 22.7 Å². The second-order valence-electron chi connectivity index (χ2n) is 7.46. The Hall–Kier alpha value is -2.82. The summed E-state index contributed by atoms with van der Waals surface area (Å²) in [5.41, 5.74) is 4.20. The van der Waals surface area contributed by atoms with Gasteiger partial charge in [0.05, 0.1) is 12.8 Å². The number of nitrogens with one attached hydrogen (secondary N) is 1. The zero-order valence-electron chi connectivity index (χ0n) is 16.5. The van der Waals surface area contributed by atoms with Gasteiger partial charge in [-0.05, 0) is 47.7 Å². The van der Waals surface area contributed by atoms with Crippen molar-refractivity contribution in [2.45, 2.75) is 40.0 Å². The predicted octanol–water partition coefficient (Wildman–Crippen LogP) is 5.61. The highest BCUT2D eigenvalue weighted by Gasteiger charge is 2.14. The number of hydrogen-bond donors (Lipinski definition) is 1. The number of ether oxygens (including phenoxy) is 1. The molecule has 3 rings (SSSR count). The molecule has 0 aliphatic heterocycles. The summed E-state index contributed by atoms with van der Waals surface area (Å²) >= 11 is 0. The van der Waals surface area contributed by atoms with Gasteiger partial charge in [-0.15, -0.1) is 0 Å². The van der Waals surface area contributed by atoms with Gasteiger partial charge >= 0.3 is 0 Å². The van der Waals surface area contributed by atoms with E-state index in [-0.39, 0.29) is 11.8 Å². The standard InChI is InChI=1S/C22H26N2O3/c1-13(2)10-21(25)23-17-12-16(7-8-19(17)26-5)22-24-18-11-15(14(3)4)6-9-20(18)27-22/h6-9,11-14H,10H2,1-5H3,(H,23,25). The Labute approximate surface area is 159 Å². The van der Waals surface area contributed by atoms with Crippen molar-refractivity contribution < 1.29 is 13.9 Å². The van der Waals surface area contributed by atoms with Crippen molar-refractivity contribution in [3.05, 3.63) is 42.0 Å². The third-order valence-electron chi connectivity index (χ3n) is 4.39. The van der Waals surface area contributed by atoms with Crippen molar-refractivity contribution in [2.75, 3.05) is 12.4 Å². The molecule has 0 saturated carbocycles. The van der Waals surface area contributed by atoms with E-state index in [0.717, 1.165) is 16.7 Å². The summed E-state index contributed by atoms with van der Waals surface area (Å²) in [4.78, 5) is 16.8. The molecule has 0 atom stereocenters. The third-order valence-corrected chi connectivity index (χ3v) is 4.39. The van der Waals surface area contributed by atoms with E-state index in [1.165, 1.54) is 5.56 Å². The summed E-state index contributed by atoms with van der Waals surface area (Å²) in [5, 5.41) is 2.93. The molecule has 0 spiro atoms. The van der Waals surface area contributed by atoms with E-state index in [1.54, 1.807) is 7.11 Å². The Bertz CT molecular complexity index is 957. The fourth-order valence-electron chi connectivity index (χ4n) is 2.94. The van der Waals surface area contributed by atoms with E-state index < -0.39 is 0 Å².